The van der Waals surface area contributed by atoms with Crippen LogP contribution in [0.3, 0.4) is 0 Å². The van der Waals surface area contributed by atoms with Crippen LogP contribution in [0, 0.1) is 42.9 Å². The van der Waals surface area contributed by atoms with Crippen LogP contribution < -0.4 is 4.90 Å². The van der Waals surface area contributed by atoms with E-state index in [-0.39, 0.29) is 35.8 Å². The number of carbonyl (C=O) groups excluding carboxylic acids is 4. The number of benzene rings is 2. The van der Waals surface area contributed by atoms with Crippen molar-refractivity contribution in [2.75, 3.05) is 4.90 Å². The molecule has 4 aliphatic rings. The summed E-state index contributed by atoms with van der Waals surface area (Å²) in [6.45, 7) is 11.2. The molecule has 0 spiro atoms. The van der Waals surface area contributed by atoms with Crippen molar-refractivity contribution < 1.29 is 24.3 Å². The first-order chi connectivity index (χ1) is 23.5. The second-order valence-electron chi connectivity index (χ2n) is 15.6. The number of hydrogen-bond donors (Lipinski definition) is 1. The predicted octanol–water partition coefficient (Wildman–Crippen LogP) is 7.31. The van der Waals surface area contributed by atoms with Gasteiger partial charge in [-0.15, -0.1) is 11.3 Å². The summed E-state index contributed by atoms with van der Waals surface area (Å²) >= 11 is 7.88. The van der Waals surface area contributed by atoms with Gasteiger partial charge in [-0.05, 0) is 95.0 Å². The molecule has 0 radical (unpaired) electrons. The van der Waals surface area contributed by atoms with E-state index in [4.69, 9.17) is 16.7 Å². The van der Waals surface area contributed by atoms with Crippen molar-refractivity contribution in [1.82, 2.24) is 14.7 Å². The van der Waals surface area contributed by atoms with Crippen LogP contribution in [0.4, 0.5) is 5.82 Å². The highest BCUT2D eigenvalue weighted by Crippen LogP contribution is 2.64. The molecule has 0 bridgehead atoms. The summed E-state index contributed by atoms with van der Waals surface area (Å²) < 4.78 is 2.63. The van der Waals surface area contributed by atoms with Gasteiger partial charge in [-0.3, -0.25) is 28.8 Å². The summed E-state index contributed by atoms with van der Waals surface area (Å²) in [5.41, 5.74) is 1.71. The molecule has 4 amide bonds. The molecule has 8 rings (SSSR count). The number of aryl methyl sites for hydroxylation is 3. The van der Waals surface area contributed by atoms with E-state index in [0.717, 1.165) is 26.1 Å². The highest BCUT2D eigenvalue weighted by molar-refractivity contribution is 7.22. The molecule has 3 fully saturated rings. The summed E-state index contributed by atoms with van der Waals surface area (Å²) in [6, 6.07) is 13.0. The number of rotatable bonds is 3. The van der Waals surface area contributed by atoms with Crippen LogP contribution >= 0.6 is 22.9 Å². The zero-order valence-corrected chi connectivity index (χ0v) is 30.6. The van der Waals surface area contributed by atoms with E-state index in [1.54, 1.807) is 42.1 Å². The van der Waals surface area contributed by atoms with Crippen molar-refractivity contribution in [2.24, 2.45) is 36.1 Å². The zero-order valence-electron chi connectivity index (χ0n) is 29.1. The minimum atomic E-state index is -1.28. The Morgan fingerprint density at radius 3 is 2.46 bits per heavy atom. The first kappa shape index (κ1) is 32.9. The smallest absolute Gasteiger partial charge is 0.242 e. The maximum Gasteiger partial charge on any atom is 0.242 e. The fraction of sp³-hybridized carbons (Fsp3) is 0.410. The van der Waals surface area contributed by atoms with Crippen molar-refractivity contribution in [3.8, 4) is 16.3 Å². The molecule has 6 atom stereocenters. The third kappa shape index (κ3) is 4.33. The predicted molar refractivity (Wildman–Crippen MR) is 193 cm³/mol. The Hall–Kier alpha value is -4.28. The minimum Gasteiger partial charge on any atom is -0.507 e. The number of para-hydroxylation sites is 1. The van der Waals surface area contributed by atoms with E-state index in [1.807, 2.05) is 71.0 Å². The largest absolute Gasteiger partial charge is 0.507 e. The number of halogens is 1. The van der Waals surface area contributed by atoms with E-state index in [1.165, 1.54) is 9.80 Å². The lowest BCUT2D eigenvalue weighted by molar-refractivity contribution is -0.145. The van der Waals surface area contributed by atoms with Crippen LogP contribution in [0.25, 0.3) is 20.7 Å². The van der Waals surface area contributed by atoms with Crippen LogP contribution in [-0.2, 0) is 26.2 Å². The molecule has 9 nitrogen and oxygen atoms in total. The molecule has 2 aromatic heterocycles. The number of amides is 4. The summed E-state index contributed by atoms with van der Waals surface area (Å²) in [5.74, 6) is -3.88. The number of anilines is 1. The van der Waals surface area contributed by atoms with Crippen molar-refractivity contribution in [2.45, 2.75) is 65.8 Å². The van der Waals surface area contributed by atoms with Crippen molar-refractivity contribution in [3.05, 3.63) is 75.8 Å². The van der Waals surface area contributed by atoms with Crippen LogP contribution in [0.2, 0.25) is 5.02 Å². The van der Waals surface area contributed by atoms with Gasteiger partial charge in [-0.2, -0.15) is 5.10 Å². The van der Waals surface area contributed by atoms with Crippen molar-refractivity contribution in [3.63, 3.8) is 0 Å². The number of phenolic OH excluding ortho intramolecular Hbond substituents is 1. The Balaban J connectivity index is 1.26. The van der Waals surface area contributed by atoms with Gasteiger partial charge in [0, 0.05) is 39.9 Å². The molecule has 4 aromatic rings. The molecular weight excluding hydrogens is 672 g/mol. The van der Waals surface area contributed by atoms with Gasteiger partial charge in [0.25, 0.3) is 0 Å². The molecule has 258 valence electrons. The normalized spacial score (nSPS) is 28.0. The molecule has 1 saturated carbocycles. The van der Waals surface area contributed by atoms with Gasteiger partial charge < -0.3 is 5.11 Å². The third-order valence-electron chi connectivity index (χ3n) is 11.7. The molecule has 2 aliphatic heterocycles. The van der Waals surface area contributed by atoms with Gasteiger partial charge in [0.05, 0.1) is 28.0 Å². The van der Waals surface area contributed by atoms with Crippen LogP contribution in [0.5, 0.6) is 5.75 Å². The van der Waals surface area contributed by atoms with Gasteiger partial charge >= 0.3 is 0 Å². The zero-order chi connectivity index (χ0) is 35.8. The first-order valence-corrected chi connectivity index (χ1v) is 18.2. The van der Waals surface area contributed by atoms with Gasteiger partial charge in [0.1, 0.15) is 17.3 Å². The van der Waals surface area contributed by atoms with Crippen LogP contribution in [-0.4, -0.2) is 49.0 Å². The monoisotopic (exact) mass is 710 g/mol. The molecule has 2 saturated heterocycles. The van der Waals surface area contributed by atoms with Gasteiger partial charge in [0.2, 0.25) is 23.6 Å². The lowest BCUT2D eigenvalue weighted by Crippen LogP contribution is -2.49. The number of aromatic hydroxyl groups is 1. The SMILES string of the molecule is Cc1cccc([C@H]2C3=CC[C@@H]4C(=O)N(C(C)(C)C)C(=O)[C@@H]4[C@@H]3C[C@H]3C(=O)N(c4cc(-c5sc6ccc(Cl)cc6c5C)nn4C)C(=O)[C@@]23C)c1O. The number of thiophene rings is 1. The summed E-state index contributed by atoms with van der Waals surface area (Å²) in [6.07, 6.45) is 2.61. The Morgan fingerprint density at radius 2 is 1.74 bits per heavy atom. The number of allylic oxidation sites excluding steroid dienone is 2. The average molecular weight is 711 g/mol. The molecule has 0 unspecified atom stereocenters. The number of nitrogens with zero attached hydrogens (tertiary/aromatic N) is 4. The number of fused-ring (bicyclic) bond motifs is 5. The molecule has 50 heavy (non-hydrogen) atoms. The number of carbonyl (C=O) groups is 4. The molecule has 2 aromatic carbocycles. The second kappa shape index (κ2) is 10.9. The lowest BCUT2D eigenvalue weighted by atomic mass is 9.51. The Kier molecular flexibility index (Phi) is 7.15. The molecule has 2 aliphatic carbocycles. The van der Waals surface area contributed by atoms with E-state index >= 15 is 4.79 Å². The summed E-state index contributed by atoms with van der Waals surface area (Å²) in [7, 11) is 1.73. The van der Waals surface area contributed by atoms with Crippen molar-refractivity contribution in [1.29, 1.82) is 0 Å². The van der Waals surface area contributed by atoms with Crippen LogP contribution in [0.1, 0.15) is 63.1 Å². The quantitative estimate of drug-likeness (QED) is 0.176. The average Bonchev–Trinajstić information content (AvgIpc) is 3.72. The van der Waals surface area contributed by atoms with E-state index in [9.17, 15) is 19.5 Å². The highest BCUT2D eigenvalue weighted by Gasteiger charge is 2.68. The number of likely N-dealkylation sites (tertiary alicyclic amines) is 1. The Bertz CT molecular complexity index is 2230. The standard InChI is InChI=1S/C39H39ClN4O5S/c1-18-9-8-10-23(32(18)45)31-21-12-13-22-30(36(48)44(34(22)46)38(3,4)5)25(21)16-26-35(47)43(37(49)39(26,31)6)29-17-27(41-42(29)7)33-19(2)24-15-20(40)11-14-28(24)50-33/h8-12,14-15,17,22,25-26,30-31,45H,13,16H2,1-7H3/t22-,25+,26-,30-,31+,39+/m0/s1. The summed E-state index contributed by atoms with van der Waals surface area (Å²) in [5, 5.41) is 18.0. The molecule has 4 heterocycles. The Morgan fingerprint density at radius 1 is 1.00 bits per heavy atom. The topological polar surface area (TPSA) is 113 Å². The fourth-order valence-corrected chi connectivity index (χ4v) is 10.7. The van der Waals surface area contributed by atoms with Gasteiger partial charge in [-0.25, -0.2) is 4.90 Å². The van der Waals surface area contributed by atoms with E-state index < -0.39 is 40.5 Å². The van der Waals surface area contributed by atoms with Crippen LogP contribution in [0.15, 0.2) is 54.1 Å². The maximum absolute atomic E-state index is 15.0. The van der Waals surface area contributed by atoms with E-state index in [2.05, 4.69) is 0 Å². The first-order valence-electron chi connectivity index (χ1n) is 17.0. The summed E-state index contributed by atoms with van der Waals surface area (Å²) in [4.78, 5) is 61.2. The maximum atomic E-state index is 15.0. The number of aromatic nitrogens is 2. The fourth-order valence-electron chi connectivity index (χ4n) is 9.37. The minimum absolute atomic E-state index is 0.0631. The molecular formula is C39H39ClN4O5S. The number of imide groups is 2. The number of hydrogen-bond acceptors (Lipinski definition) is 7. The Labute approximate surface area is 299 Å². The number of phenols is 1. The lowest BCUT2D eigenvalue weighted by Gasteiger charge is -2.49. The van der Waals surface area contributed by atoms with E-state index in [0.29, 0.717) is 34.1 Å². The van der Waals surface area contributed by atoms with Gasteiger partial charge in [-0.1, -0.05) is 41.4 Å². The highest BCUT2D eigenvalue weighted by atomic mass is 35.5. The second-order valence-corrected chi connectivity index (χ2v) is 17.1. The molecule has 11 heteroatoms. The van der Waals surface area contributed by atoms with Gasteiger partial charge in [0.15, 0.2) is 0 Å². The third-order valence-corrected chi connectivity index (χ3v) is 13.3. The van der Waals surface area contributed by atoms with Crippen molar-refractivity contribution >= 4 is 62.5 Å². The molecule has 1 N–H and O–H groups in total.